The van der Waals surface area contributed by atoms with Crippen LogP contribution in [0.2, 0.25) is 5.02 Å². The summed E-state index contributed by atoms with van der Waals surface area (Å²) in [6.45, 7) is 3.84. The molecule has 238 valence electrons. The van der Waals surface area contributed by atoms with Crippen LogP contribution in [0, 0.1) is 6.92 Å². The van der Waals surface area contributed by atoms with Gasteiger partial charge in [-0.3, -0.25) is 0 Å². The first-order valence-electron chi connectivity index (χ1n) is 15.7. The predicted octanol–water partition coefficient (Wildman–Crippen LogP) is 8.16. The van der Waals surface area contributed by atoms with Gasteiger partial charge in [0.25, 0.3) is 0 Å². The number of aliphatic hydroxyl groups is 1. The third-order valence-corrected chi connectivity index (χ3v) is 9.18. The Morgan fingerprint density at radius 2 is 1.34 bits per heavy atom. The Kier molecular flexibility index (Phi) is 9.43. The highest BCUT2D eigenvalue weighted by Gasteiger charge is 2.44. The van der Waals surface area contributed by atoms with Crippen molar-refractivity contribution in [2.45, 2.75) is 43.9 Å². The first kappa shape index (κ1) is 32.0. The zero-order valence-corrected chi connectivity index (χ0v) is 27.0. The first-order valence-corrected chi connectivity index (χ1v) is 16.1. The molecule has 0 fully saturated rings. The number of carbonyl (C=O) groups excluding carboxylic acids is 2. The summed E-state index contributed by atoms with van der Waals surface area (Å²) < 4.78 is 12.1. The number of halogens is 1. The van der Waals surface area contributed by atoms with Crippen molar-refractivity contribution >= 4 is 23.7 Å². The van der Waals surface area contributed by atoms with Gasteiger partial charge in [0, 0.05) is 27.6 Å². The highest BCUT2D eigenvalue weighted by Crippen LogP contribution is 2.45. The molecule has 0 heterocycles. The molecule has 0 bridgehead atoms. The lowest BCUT2D eigenvalue weighted by Gasteiger charge is -2.37. The third kappa shape index (κ3) is 6.27. The monoisotopic (exact) mass is 645 g/mol. The van der Waals surface area contributed by atoms with E-state index in [1.54, 1.807) is 25.1 Å². The van der Waals surface area contributed by atoms with E-state index in [0.29, 0.717) is 21.7 Å². The van der Waals surface area contributed by atoms with Gasteiger partial charge in [-0.2, -0.15) is 0 Å². The van der Waals surface area contributed by atoms with Gasteiger partial charge < -0.3 is 19.9 Å². The van der Waals surface area contributed by atoms with E-state index in [2.05, 4.69) is 17.4 Å². The van der Waals surface area contributed by atoms with Crippen LogP contribution in [0.3, 0.4) is 0 Å². The van der Waals surface area contributed by atoms with Gasteiger partial charge in [0.15, 0.2) is 11.7 Å². The minimum absolute atomic E-state index is 0.105. The maximum Gasteiger partial charge on any atom is 0.407 e. The van der Waals surface area contributed by atoms with Crippen molar-refractivity contribution in [3.05, 3.63) is 166 Å². The molecule has 3 atom stereocenters. The van der Waals surface area contributed by atoms with E-state index in [4.69, 9.17) is 21.1 Å². The molecule has 2 unspecified atom stereocenters. The summed E-state index contributed by atoms with van der Waals surface area (Å²) in [5.41, 5.74) is 5.79. The molecule has 0 aliphatic heterocycles. The Balaban J connectivity index is 1.24. The molecular formula is C40H36ClNO5. The second-order valence-corrected chi connectivity index (χ2v) is 12.2. The molecular weight excluding hydrogens is 610 g/mol. The van der Waals surface area contributed by atoms with Gasteiger partial charge in [0.2, 0.25) is 0 Å². The topological polar surface area (TPSA) is 84.9 Å². The van der Waals surface area contributed by atoms with E-state index in [9.17, 15) is 14.7 Å². The van der Waals surface area contributed by atoms with E-state index in [1.807, 2.05) is 104 Å². The van der Waals surface area contributed by atoms with Crippen molar-refractivity contribution in [1.82, 2.24) is 5.32 Å². The van der Waals surface area contributed by atoms with E-state index in [1.165, 1.54) is 0 Å². The number of esters is 1. The summed E-state index contributed by atoms with van der Waals surface area (Å²) in [7, 11) is 0. The summed E-state index contributed by atoms with van der Waals surface area (Å²) in [5, 5.41) is 14.5. The summed E-state index contributed by atoms with van der Waals surface area (Å²) in [5.74, 6) is -1.04. The van der Waals surface area contributed by atoms with Crippen molar-refractivity contribution in [3.63, 3.8) is 0 Å². The van der Waals surface area contributed by atoms with E-state index >= 15 is 0 Å². The molecule has 6 rings (SSSR count). The minimum Gasteiger partial charge on any atom is -0.449 e. The first-order chi connectivity index (χ1) is 22.8. The smallest absolute Gasteiger partial charge is 0.407 e. The van der Waals surface area contributed by atoms with Crippen molar-refractivity contribution in [1.29, 1.82) is 0 Å². The Bertz CT molecular complexity index is 1830. The quantitative estimate of drug-likeness (QED) is 0.118. The second-order valence-electron chi connectivity index (χ2n) is 11.7. The van der Waals surface area contributed by atoms with Crippen LogP contribution in [0.25, 0.3) is 11.1 Å². The van der Waals surface area contributed by atoms with Crippen LogP contribution in [-0.2, 0) is 19.9 Å². The molecule has 7 heteroatoms. The van der Waals surface area contributed by atoms with E-state index in [-0.39, 0.29) is 18.9 Å². The van der Waals surface area contributed by atoms with Crippen molar-refractivity contribution in [2.24, 2.45) is 0 Å². The number of benzene rings is 5. The average Bonchev–Trinajstić information content (AvgIpc) is 3.43. The number of hydrogen-bond donors (Lipinski definition) is 2. The zero-order chi connectivity index (χ0) is 33.0. The van der Waals surface area contributed by atoms with Gasteiger partial charge in [-0.15, -0.1) is 0 Å². The fraction of sp³-hybridized carbons (Fsp3) is 0.200. The van der Waals surface area contributed by atoms with Crippen LogP contribution in [0.5, 0.6) is 0 Å². The molecule has 0 aromatic heterocycles. The number of nitrogens with one attached hydrogen (secondary N) is 1. The maximum absolute atomic E-state index is 14.0. The van der Waals surface area contributed by atoms with Crippen molar-refractivity contribution < 1.29 is 24.2 Å². The number of aryl methyl sites for hydroxylation is 1. The minimum atomic E-state index is -1.70. The number of hydrogen-bond acceptors (Lipinski definition) is 5. The summed E-state index contributed by atoms with van der Waals surface area (Å²) in [4.78, 5) is 27.1. The fourth-order valence-corrected chi connectivity index (χ4v) is 6.70. The molecule has 47 heavy (non-hydrogen) atoms. The SMILES string of the molecule is CC[C@H](NC(=O)OCC1c2ccccc2-c2ccccc21)C(O)C(=O)OC(c1ccccc1)(c1ccc(C)cc1)c1ccccc1Cl. The van der Waals surface area contributed by atoms with Crippen LogP contribution in [0.4, 0.5) is 4.79 Å². The molecule has 1 aliphatic carbocycles. The molecule has 6 nitrogen and oxygen atoms in total. The number of aliphatic hydroxyl groups excluding tert-OH is 1. The predicted molar refractivity (Wildman–Crippen MR) is 183 cm³/mol. The molecule has 2 N–H and O–H groups in total. The van der Waals surface area contributed by atoms with Crippen molar-refractivity contribution in [2.75, 3.05) is 6.61 Å². The number of amides is 1. The van der Waals surface area contributed by atoms with Gasteiger partial charge in [0.05, 0.1) is 6.04 Å². The Morgan fingerprint density at radius 1 is 0.787 bits per heavy atom. The number of ether oxygens (including phenoxy) is 2. The molecule has 0 spiro atoms. The van der Waals surface area contributed by atoms with Gasteiger partial charge in [0.1, 0.15) is 6.61 Å². The Labute approximate surface area is 280 Å². The van der Waals surface area contributed by atoms with E-state index in [0.717, 1.165) is 27.8 Å². The highest BCUT2D eigenvalue weighted by atomic mass is 35.5. The summed E-state index contributed by atoms with van der Waals surface area (Å²) >= 11 is 6.79. The normalized spacial score (nSPS) is 14.6. The van der Waals surface area contributed by atoms with Crippen LogP contribution in [0.15, 0.2) is 127 Å². The van der Waals surface area contributed by atoms with Gasteiger partial charge in [-0.25, -0.2) is 9.59 Å². The van der Waals surface area contributed by atoms with Gasteiger partial charge >= 0.3 is 12.1 Å². The lowest BCUT2D eigenvalue weighted by molar-refractivity contribution is -0.165. The standard InChI is InChI=1S/C40H36ClNO5/c1-3-36(42-39(45)46-25-33-31-17-9-7-15-29(31)30-16-8-10-18-32(30)33)37(43)38(44)47-40(27-13-5-4-6-14-27,28-23-21-26(2)22-24-28)34-19-11-12-20-35(34)41/h4-24,33,36-37,43H,3,25H2,1-2H3,(H,42,45)/t36-,37?,40?/m0/s1. The Morgan fingerprint density at radius 3 is 1.96 bits per heavy atom. The molecule has 1 aliphatic rings. The molecule has 5 aromatic carbocycles. The molecule has 5 aromatic rings. The highest BCUT2D eigenvalue weighted by molar-refractivity contribution is 6.31. The number of rotatable bonds is 10. The molecule has 0 radical (unpaired) electrons. The second kappa shape index (κ2) is 13.8. The summed E-state index contributed by atoms with van der Waals surface area (Å²) in [6.07, 6.45) is -2.18. The number of carbonyl (C=O) groups is 2. The van der Waals surface area contributed by atoms with E-state index < -0.39 is 29.8 Å². The third-order valence-electron chi connectivity index (χ3n) is 8.85. The zero-order valence-electron chi connectivity index (χ0n) is 26.2. The summed E-state index contributed by atoms with van der Waals surface area (Å²) in [6, 6.07) is 39.3. The Hall–Kier alpha value is -4.91. The number of alkyl carbamates (subject to hydrolysis) is 1. The lowest BCUT2D eigenvalue weighted by Crippen LogP contribution is -2.49. The lowest BCUT2D eigenvalue weighted by atomic mass is 9.79. The number of fused-ring (bicyclic) bond motifs is 3. The van der Waals surface area contributed by atoms with Crippen LogP contribution < -0.4 is 5.32 Å². The van der Waals surface area contributed by atoms with Gasteiger partial charge in [-0.1, -0.05) is 145 Å². The van der Waals surface area contributed by atoms with Crippen LogP contribution in [0.1, 0.15) is 52.6 Å². The van der Waals surface area contributed by atoms with Crippen LogP contribution >= 0.6 is 11.6 Å². The molecule has 0 saturated heterocycles. The molecule has 1 amide bonds. The fourth-order valence-electron chi connectivity index (χ4n) is 6.43. The molecule has 0 saturated carbocycles. The van der Waals surface area contributed by atoms with Gasteiger partial charge in [-0.05, 0) is 41.7 Å². The average molecular weight is 646 g/mol. The maximum atomic E-state index is 14.0. The van der Waals surface area contributed by atoms with Crippen molar-refractivity contribution in [3.8, 4) is 11.1 Å². The largest absolute Gasteiger partial charge is 0.449 e. The van der Waals surface area contributed by atoms with Crippen LogP contribution in [-0.4, -0.2) is 35.9 Å².